The first-order chi connectivity index (χ1) is 8.24. The van der Waals surface area contributed by atoms with E-state index in [1.807, 2.05) is 0 Å². The molecule has 2 amide bonds. The molecule has 0 bridgehead atoms. The van der Waals surface area contributed by atoms with Crippen LogP contribution in [0.4, 0.5) is 4.79 Å². The van der Waals surface area contributed by atoms with Gasteiger partial charge in [-0.3, -0.25) is 9.78 Å². The molecular weight excluding hydrogens is 222 g/mol. The predicted molar refractivity (Wildman–Crippen MR) is 61.6 cm³/mol. The lowest BCUT2D eigenvalue weighted by Crippen LogP contribution is -2.35. The fourth-order valence-corrected chi connectivity index (χ4v) is 1.12. The van der Waals surface area contributed by atoms with Crippen LogP contribution in [0.1, 0.15) is 17.3 Å². The minimum Gasteiger partial charge on any atom is -0.450 e. The molecule has 2 N–H and O–H groups in total. The van der Waals surface area contributed by atoms with E-state index >= 15 is 0 Å². The normalized spacial score (nSPS) is 9.47. The van der Waals surface area contributed by atoms with Crippen molar-refractivity contribution in [3.63, 3.8) is 0 Å². The van der Waals surface area contributed by atoms with Gasteiger partial charge in [-0.15, -0.1) is 0 Å². The molecule has 0 atom stereocenters. The van der Waals surface area contributed by atoms with Crippen LogP contribution >= 0.6 is 0 Å². The van der Waals surface area contributed by atoms with Gasteiger partial charge in [-0.05, 0) is 19.1 Å². The highest BCUT2D eigenvalue weighted by molar-refractivity contribution is 5.93. The van der Waals surface area contributed by atoms with Crippen LogP contribution < -0.4 is 10.6 Å². The minimum absolute atomic E-state index is 0.219. The largest absolute Gasteiger partial charge is 0.450 e. The van der Waals surface area contributed by atoms with Crippen molar-refractivity contribution in [2.24, 2.45) is 0 Å². The Kier molecular flexibility index (Phi) is 5.50. The van der Waals surface area contributed by atoms with Gasteiger partial charge < -0.3 is 15.4 Å². The van der Waals surface area contributed by atoms with Crippen LogP contribution in [0.5, 0.6) is 0 Å². The summed E-state index contributed by atoms with van der Waals surface area (Å²) in [5, 5.41) is 5.15. The first-order valence-electron chi connectivity index (χ1n) is 5.33. The Morgan fingerprint density at radius 2 is 2.12 bits per heavy atom. The molecule has 0 saturated carbocycles. The molecule has 0 spiro atoms. The molecule has 1 rings (SSSR count). The van der Waals surface area contributed by atoms with Gasteiger partial charge in [-0.25, -0.2) is 4.79 Å². The Bertz CT molecular complexity index is 367. The van der Waals surface area contributed by atoms with Gasteiger partial charge in [-0.1, -0.05) is 0 Å². The minimum atomic E-state index is -0.483. The van der Waals surface area contributed by atoms with E-state index in [1.54, 1.807) is 25.3 Å². The summed E-state index contributed by atoms with van der Waals surface area (Å²) in [5.41, 5.74) is 0.489. The van der Waals surface area contributed by atoms with Gasteiger partial charge in [0.25, 0.3) is 5.91 Å². The molecule has 1 aromatic rings. The Balaban J connectivity index is 2.19. The van der Waals surface area contributed by atoms with Crippen LogP contribution in [0.25, 0.3) is 0 Å². The molecule has 92 valence electrons. The summed E-state index contributed by atoms with van der Waals surface area (Å²) in [6, 6.07) is 3.35. The number of ether oxygens (including phenoxy) is 1. The topological polar surface area (TPSA) is 80.3 Å². The Labute approximate surface area is 99.4 Å². The highest BCUT2D eigenvalue weighted by Crippen LogP contribution is 1.93. The smallest absolute Gasteiger partial charge is 0.407 e. The molecule has 1 heterocycles. The van der Waals surface area contributed by atoms with Crippen molar-refractivity contribution in [1.29, 1.82) is 0 Å². The van der Waals surface area contributed by atoms with Gasteiger partial charge >= 0.3 is 6.09 Å². The predicted octanol–water partition coefficient (Wildman–Crippen LogP) is 0.557. The maximum Gasteiger partial charge on any atom is 0.407 e. The van der Waals surface area contributed by atoms with Gasteiger partial charge in [-0.2, -0.15) is 0 Å². The molecule has 0 fully saturated rings. The number of nitrogens with zero attached hydrogens (tertiary/aromatic N) is 1. The molecule has 17 heavy (non-hydrogen) atoms. The zero-order valence-electron chi connectivity index (χ0n) is 9.60. The zero-order valence-corrected chi connectivity index (χ0v) is 9.60. The lowest BCUT2D eigenvalue weighted by atomic mass is 10.3. The SMILES string of the molecule is CCOC(=O)NCCNC(=O)c1cccnc1. The van der Waals surface area contributed by atoms with Gasteiger partial charge in [0.2, 0.25) is 0 Å². The van der Waals surface area contributed by atoms with Crippen molar-refractivity contribution in [3.8, 4) is 0 Å². The van der Waals surface area contributed by atoms with Crippen molar-refractivity contribution in [2.45, 2.75) is 6.92 Å². The highest BCUT2D eigenvalue weighted by atomic mass is 16.5. The van der Waals surface area contributed by atoms with Crippen molar-refractivity contribution in [3.05, 3.63) is 30.1 Å². The first-order valence-corrected chi connectivity index (χ1v) is 5.33. The van der Waals surface area contributed by atoms with Gasteiger partial charge in [0.1, 0.15) is 0 Å². The molecule has 0 aliphatic carbocycles. The molecule has 0 aromatic carbocycles. The second-order valence-corrected chi connectivity index (χ2v) is 3.14. The fourth-order valence-electron chi connectivity index (χ4n) is 1.12. The lowest BCUT2D eigenvalue weighted by molar-refractivity contribution is 0.0952. The molecular formula is C11H15N3O3. The van der Waals surface area contributed by atoms with E-state index in [-0.39, 0.29) is 5.91 Å². The van der Waals surface area contributed by atoms with Gasteiger partial charge in [0.05, 0.1) is 12.2 Å². The summed E-state index contributed by atoms with van der Waals surface area (Å²) >= 11 is 0. The van der Waals surface area contributed by atoms with Gasteiger partial charge in [0.15, 0.2) is 0 Å². The third kappa shape index (κ3) is 4.96. The molecule has 6 nitrogen and oxygen atoms in total. The summed E-state index contributed by atoms with van der Waals surface area (Å²) < 4.78 is 4.66. The number of rotatable bonds is 5. The number of hydrogen-bond donors (Lipinski definition) is 2. The van der Waals surface area contributed by atoms with E-state index in [4.69, 9.17) is 0 Å². The first kappa shape index (κ1) is 13.0. The summed E-state index contributed by atoms with van der Waals surface area (Å²) in [6.45, 7) is 2.72. The van der Waals surface area contributed by atoms with E-state index in [2.05, 4.69) is 20.4 Å². The summed E-state index contributed by atoms with van der Waals surface area (Å²) in [4.78, 5) is 26.3. The van der Waals surface area contributed by atoms with Crippen molar-refractivity contribution < 1.29 is 14.3 Å². The number of carbonyl (C=O) groups excluding carboxylic acids is 2. The van der Waals surface area contributed by atoms with E-state index < -0.39 is 6.09 Å². The van der Waals surface area contributed by atoms with E-state index in [0.29, 0.717) is 25.3 Å². The monoisotopic (exact) mass is 237 g/mol. The third-order valence-electron chi connectivity index (χ3n) is 1.88. The second kappa shape index (κ2) is 7.21. The quantitative estimate of drug-likeness (QED) is 0.733. The van der Waals surface area contributed by atoms with Crippen molar-refractivity contribution in [1.82, 2.24) is 15.6 Å². The summed E-state index contributed by atoms with van der Waals surface area (Å²) in [5.74, 6) is -0.219. The average Bonchev–Trinajstić information content (AvgIpc) is 2.36. The third-order valence-corrected chi connectivity index (χ3v) is 1.88. The number of alkyl carbamates (subject to hydrolysis) is 1. The standard InChI is InChI=1S/C11H15N3O3/c1-2-17-11(16)14-7-6-13-10(15)9-4-3-5-12-8-9/h3-5,8H,2,6-7H2,1H3,(H,13,15)(H,14,16). The maximum atomic E-state index is 11.5. The van der Waals surface area contributed by atoms with Gasteiger partial charge in [0, 0.05) is 25.5 Å². The molecule has 6 heteroatoms. The van der Waals surface area contributed by atoms with Crippen LogP contribution in [0.2, 0.25) is 0 Å². The number of aromatic nitrogens is 1. The molecule has 0 aliphatic rings. The van der Waals surface area contributed by atoms with Crippen molar-refractivity contribution in [2.75, 3.05) is 19.7 Å². The number of amides is 2. The number of pyridine rings is 1. The van der Waals surface area contributed by atoms with Crippen LogP contribution in [0.3, 0.4) is 0 Å². The molecule has 0 radical (unpaired) electrons. The zero-order chi connectivity index (χ0) is 12.5. The number of carbonyl (C=O) groups is 2. The summed E-state index contributed by atoms with van der Waals surface area (Å²) in [7, 11) is 0. The Hall–Kier alpha value is -2.11. The van der Waals surface area contributed by atoms with E-state index in [9.17, 15) is 9.59 Å². The Morgan fingerprint density at radius 1 is 1.35 bits per heavy atom. The Morgan fingerprint density at radius 3 is 2.76 bits per heavy atom. The van der Waals surface area contributed by atoms with Crippen LogP contribution in [-0.2, 0) is 4.74 Å². The van der Waals surface area contributed by atoms with Crippen LogP contribution in [0, 0.1) is 0 Å². The number of hydrogen-bond acceptors (Lipinski definition) is 4. The van der Waals surface area contributed by atoms with E-state index in [1.165, 1.54) is 6.20 Å². The number of nitrogens with one attached hydrogen (secondary N) is 2. The van der Waals surface area contributed by atoms with Crippen LogP contribution in [0.15, 0.2) is 24.5 Å². The molecule has 1 aromatic heterocycles. The fraction of sp³-hybridized carbons (Fsp3) is 0.364. The molecule has 0 aliphatic heterocycles. The lowest BCUT2D eigenvalue weighted by Gasteiger charge is -2.06. The van der Waals surface area contributed by atoms with Crippen LogP contribution in [-0.4, -0.2) is 36.7 Å². The summed E-state index contributed by atoms with van der Waals surface area (Å²) in [6.07, 6.45) is 2.59. The highest BCUT2D eigenvalue weighted by Gasteiger charge is 2.04. The maximum absolute atomic E-state index is 11.5. The molecule has 0 saturated heterocycles. The molecule has 0 unspecified atom stereocenters. The second-order valence-electron chi connectivity index (χ2n) is 3.14. The average molecular weight is 237 g/mol. The van der Waals surface area contributed by atoms with E-state index in [0.717, 1.165) is 0 Å². The van der Waals surface area contributed by atoms with Crippen molar-refractivity contribution >= 4 is 12.0 Å².